The Morgan fingerprint density at radius 1 is 1.41 bits per heavy atom. The van der Waals surface area contributed by atoms with E-state index in [9.17, 15) is 5.26 Å². The van der Waals surface area contributed by atoms with Crippen LogP contribution in [0.5, 0.6) is 0 Å². The van der Waals surface area contributed by atoms with Crippen molar-refractivity contribution in [2.24, 2.45) is 5.92 Å². The molecule has 3 rings (SSSR count). The van der Waals surface area contributed by atoms with Crippen LogP contribution in [0.2, 0.25) is 0 Å². The Kier molecular flexibility index (Phi) is 3.76. The average molecular weight is 380 g/mol. The minimum absolute atomic E-state index is 0.181. The first-order chi connectivity index (χ1) is 16.2. The van der Waals surface area contributed by atoms with Crippen LogP contribution in [0.25, 0.3) is 11.3 Å². The molecule has 0 unspecified atom stereocenters. The molecule has 0 aliphatic heterocycles. The molecular formula is C19H27N6O2+. The number of ether oxygens (including phenoxy) is 2. The maximum Gasteiger partial charge on any atom is 0.205 e. The molecule has 1 fully saturated rings. The van der Waals surface area contributed by atoms with Crippen molar-refractivity contribution < 1.29 is 25.1 Å². The molecule has 2 aromatic rings. The molecule has 0 aromatic carbocycles. The largest absolute Gasteiger partial charge is 0.383 e. The zero-order valence-electron chi connectivity index (χ0n) is 23.1. The van der Waals surface area contributed by atoms with Gasteiger partial charge in [-0.25, -0.2) is 9.97 Å². The summed E-state index contributed by atoms with van der Waals surface area (Å²) < 4.78 is 77.6. The molecule has 2 aromatic heterocycles. The van der Waals surface area contributed by atoms with E-state index in [4.69, 9.17) is 26.2 Å². The number of nitriles is 1. The van der Waals surface area contributed by atoms with Crippen molar-refractivity contribution in [2.45, 2.75) is 50.7 Å². The number of H-pyrrole nitrogens is 1. The van der Waals surface area contributed by atoms with Crippen molar-refractivity contribution in [3.63, 3.8) is 0 Å². The van der Waals surface area contributed by atoms with Crippen LogP contribution >= 0.6 is 0 Å². The van der Waals surface area contributed by atoms with Crippen molar-refractivity contribution in [1.29, 1.82) is 5.26 Å². The molecule has 1 atom stereocenters. The number of methoxy groups -OCH3 is 2. The second-order valence-electron chi connectivity index (χ2n) is 5.90. The minimum Gasteiger partial charge on any atom is -0.383 e. The fourth-order valence-corrected chi connectivity index (χ4v) is 2.92. The third-order valence-electron chi connectivity index (χ3n) is 4.36. The standard InChI is InChI=1S/C19H26N6O2/c1-26-17(27-2)9-15-18(22-12-23-19(15)21)14-10-24-25(11-14)16(7-8-20)13-5-3-4-6-13/h10-13,16-17H,3-7,9H2,1-2H3,(H2,21,22,23)/p+1/t16-/m1/s1/i3D2,4D2,5D2,6D2. The summed E-state index contributed by atoms with van der Waals surface area (Å²) >= 11 is 0. The number of aromatic nitrogens is 4. The first kappa shape index (κ1) is 11.4. The van der Waals surface area contributed by atoms with E-state index < -0.39 is 50.2 Å². The van der Waals surface area contributed by atoms with Crippen LogP contribution in [-0.4, -0.2) is 35.6 Å². The predicted molar refractivity (Wildman–Crippen MR) is 99.2 cm³/mol. The van der Waals surface area contributed by atoms with Crippen LogP contribution in [0.3, 0.4) is 0 Å². The Balaban J connectivity index is 2.10. The monoisotopic (exact) mass is 379 g/mol. The number of aromatic amines is 1. The van der Waals surface area contributed by atoms with E-state index in [1.807, 2.05) is 6.07 Å². The lowest BCUT2D eigenvalue weighted by Crippen LogP contribution is -2.44. The molecule has 0 bridgehead atoms. The molecule has 0 spiro atoms. The number of hydrogen-bond donors (Lipinski definition) is 2. The topological polar surface area (TPSA) is 114 Å². The second kappa shape index (κ2) is 8.93. The molecule has 0 radical (unpaired) electrons. The molecule has 1 aliphatic carbocycles. The maximum absolute atomic E-state index is 9.44. The van der Waals surface area contributed by atoms with Crippen molar-refractivity contribution in [2.75, 3.05) is 20.0 Å². The molecule has 8 nitrogen and oxygen atoms in total. The van der Waals surface area contributed by atoms with Gasteiger partial charge in [0.05, 0.1) is 29.9 Å². The molecule has 27 heavy (non-hydrogen) atoms. The lowest BCUT2D eigenvalue weighted by Gasteiger charge is -2.15. The van der Waals surface area contributed by atoms with E-state index in [0.717, 1.165) is 0 Å². The van der Waals surface area contributed by atoms with Gasteiger partial charge in [0.2, 0.25) is 6.20 Å². The minimum atomic E-state index is -3.15. The van der Waals surface area contributed by atoms with Gasteiger partial charge < -0.3 is 15.2 Å². The SMILES string of the molecule is [2H]C1([2H])C([C@@H](CC#N)[n+]2cc(-c3ncnc(N)c3CC(OC)OC)c[nH]2)C([2H])([2H])C([2H])([2H])C1([2H])[2H]. The summed E-state index contributed by atoms with van der Waals surface area (Å²) in [5, 5.41) is 12.3. The fraction of sp³-hybridized carbons (Fsp3) is 0.579. The van der Waals surface area contributed by atoms with Gasteiger partial charge in [-0.05, 0) is 12.7 Å². The van der Waals surface area contributed by atoms with Gasteiger partial charge in [-0.15, -0.1) is 4.68 Å². The zero-order valence-corrected chi connectivity index (χ0v) is 15.1. The van der Waals surface area contributed by atoms with Gasteiger partial charge in [0.1, 0.15) is 12.1 Å². The van der Waals surface area contributed by atoms with Gasteiger partial charge in [-0.3, -0.25) is 0 Å². The number of rotatable bonds is 8. The van der Waals surface area contributed by atoms with E-state index in [0.29, 0.717) is 16.8 Å². The smallest absolute Gasteiger partial charge is 0.205 e. The highest BCUT2D eigenvalue weighted by Gasteiger charge is 2.33. The van der Waals surface area contributed by atoms with E-state index in [2.05, 4.69) is 15.1 Å². The van der Waals surface area contributed by atoms with Crippen LogP contribution in [0, 0.1) is 17.2 Å². The molecule has 1 aliphatic rings. The Hall–Kier alpha value is -2.50. The second-order valence-corrected chi connectivity index (χ2v) is 5.90. The van der Waals surface area contributed by atoms with Crippen molar-refractivity contribution in [3.8, 4) is 17.3 Å². The normalized spacial score (nSPS) is 27.8. The van der Waals surface area contributed by atoms with Crippen molar-refractivity contribution in [3.05, 3.63) is 24.3 Å². The Bertz CT molecular complexity index is 1090. The van der Waals surface area contributed by atoms with E-state index in [-0.39, 0.29) is 12.2 Å². The van der Waals surface area contributed by atoms with Crippen LogP contribution < -0.4 is 10.4 Å². The Labute approximate surface area is 170 Å². The van der Waals surface area contributed by atoms with Gasteiger partial charge >= 0.3 is 0 Å². The summed E-state index contributed by atoms with van der Waals surface area (Å²) in [5.41, 5.74) is 7.41. The van der Waals surface area contributed by atoms with Crippen molar-refractivity contribution in [1.82, 2.24) is 15.1 Å². The first-order valence-electron chi connectivity index (χ1n) is 12.3. The average Bonchev–Trinajstić information content (AvgIpc) is 3.28. The van der Waals surface area contributed by atoms with E-state index in [1.165, 1.54) is 37.6 Å². The predicted octanol–water partition coefficient (Wildman–Crippen LogP) is 2.15. The molecule has 0 amide bonds. The number of anilines is 1. The summed E-state index contributed by atoms with van der Waals surface area (Å²) in [6, 6.07) is 0.622. The summed E-state index contributed by atoms with van der Waals surface area (Å²) in [4.78, 5) is 8.29. The van der Waals surface area contributed by atoms with Crippen LogP contribution in [0.1, 0.15) is 54.5 Å². The maximum atomic E-state index is 9.44. The summed E-state index contributed by atoms with van der Waals surface area (Å²) in [6.45, 7) is 0. The third-order valence-corrected chi connectivity index (χ3v) is 4.36. The Morgan fingerprint density at radius 3 is 2.81 bits per heavy atom. The summed E-state index contributed by atoms with van der Waals surface area (Å²) in [7, 11) is 2.93. The third kappa shape index (κ3) is 4.26. The lowest BCUT2D eigenvalue weighted by molar-refractivity contribution is -0.779. The molecule has 144 valence electrons. The van der Waals surface area contributed by atoms with Gasteiger partial charge in [0.25, 0.3) is 0 Å². The van der Waals surface area contributed by atoms with E-state index >= 15 is 0 Å². The van der Waals surface area contributed by atoms with Crippen LogP contribution in [0.4, 0.5) is 5.82 Å². The first-order valence-corrected chi connectivity index (χ1v) is 8.30. The van der Waals surface area contributed by atoms with Crippen LogP contribution in [-0.2, 0) is 15.9 Å². The molecular weight excluding hydrogens is 344 g/mol. The van der Waals surface area contributed by atoms with Gasteiger partial charge in [-0.2, -0.15) is 10.4 Å². The fourth-order valence-electron chi connectivity index (χ4n) is 2.92. The van der Waals surface area contributed by atoms with Gasteiger partial charge in [0.15, 0.2) is 12.3 Å². The Morgan fingerprint density at radius 2 is 2.15 bits per heavy atom. The molecule has 2 heterocycles. The summed E-state index contributed by atoms with van der Waals surface area (Å²) in [6.07, 6.45) is -8.80. The summed E-state index contributed by atoms with van der Waals surface area (Å²) in [5.74, 6) is -1.65. The highest BCUT2D eigenvalue weighted by Crippen LogP contribution is 2.33. The highest BCUT2D eigenvalue weighted by atomic mass is 16.7. The lowest BCUT2D eigenvalue weighted by atomic mass is 9.96. The van der Waals surface area contributed by atoms with Crippen molar-refractivity contribution >= 4 is 5.82 Å². The van der Waals surface area contributed by atoms with E-state index in [1.54, 1.807) is 0 Å². The number of nitrogens with zero attached hydrogens (tertiary/aromatic N) is 4. The number of nitrogens with one attached hydrogen (secondary N) is 1. The highest BCUT2D eigenvalue weighted by molar-refractivity contribution is 5.65. The number of hydrogen-bond acceptors (Lipinski definition) is 6. The molecule has 0 saturated heterocycles. The molecule has 3 N–H and O–H groups in total. The van der Waals surface area contributed by atoms with Gasteiger partial charge in [0, 0.05) is 43.1 Å². The molecule has 1 saturated carbocycles. The zero-order chi connectivity index (χ0) is 26.4. The number of nitrogen functional groups attached to an aromatic ring is 1. The quantitative estimate of drug-likeness (QED) is 0.536. The van der Waals surface area contributed by atoms with Gasteiger partial charge in [-0.1, -0.05) is 12.7 Å². The number of nitrogens with two attached hydrogens (primary N) is 1. The molecule has 8 heteroatoms. The van der Waals surface area contributed by atoms with Crippen LogP contribution in [0.15, 0.2) is 18.7 Å².